The zero-order valence-corrected chi connectivity index (χ0v) is 12.1. The van der Waals surface area contributed by atoms with Crippen molar-refractivity contribution in [3.63, 3.8) is 0 Å². The Kier molecular flexibility index (Phi) is 6.42. The molecule has 0 radical (unpaired) electrons. The molecule has 0 aliphatic carbocycles. The molecule has 0 spiro atoms. The number of aromatic nitrogens is 1. The molecule has 21 heavy (non-hydrogen) atoms. The zero-order valence-electron chi connectivity index (χ0n) is 12.1. The summed E-state index contributed by atoms with van der Waals surface area (Å²) in [5.41, 5.74) is 2.33. The molecule has 1 heterocycles. The Bertz CT molecular complexity index is 528. The zero-order chi connectivity index (χ0) is 14.8. The minimum Gasteiger partial charge on any atom is -0.352 e. The van der Waals surface area contributed by atoms with Gasteiger partial charge in [-0.25, -0.2) is 0 Å². The number of pyridine rings is 1. The lowest BCUT2D eigenvalue weighted by Crippen LogP contribution is -2.28. The molecule has 4 nitrogen and oxygen atoms in total. The van der Waals surface area contributed by atoms with Gasteiger partial charge in [0.2, 0.25) is 5.91 Å². The number of hydrogen-bond donors (Lipinski definition) is 2. The molecule has 2 aromatic rings. The fraction of sp³-hybridized carbons (Fsp3) is 0.294. The van der Waals surface area contributed by atoms with Crippen molar-refractivity contribution in [1.29, 1.82) is 0 Å². The van der Waals surface area contributed by atoms with Crippen LogP contribution in [0.3, 0.4) is 0 Å². The van der Waals surface area contributed by atoms with Crippen LogP contribution in [-0.2, 0) is 17.8 Å². The molecule has 1 amide bonds. The highest BCUT2D eigenvalue weighted by atomic mass is 16.1. The molecule has 0 saturated carbocycles. The normalized spacial score (nSPS) is 10.3. The van der Waals surface area contributed by atoms with Crippen molar-refractivity contribution in [2.75, 3.05) is 13.1 Å². The van der Waals surface area contributed by atoms with Crippen LogP contribution in [0.1, 0.15) is 17.5 Å². The van der Waals surface area contributed by atoms with E-state index in [1.807, 2.05) is 30.3 Å². The van der Waals surface area contributed by atoms with E-state index in [1.165, 1.54) is 5.56 Å². The maximum Gasteiger partial charge on any atom is 0.221 e. The third-order valence-corrected chi connectivity index (χ3v) is 3.17. The van der Waals surface area contributed by atoms with Crippen molar-refractivity contribution in [3.05, 3.63) is 66.0 Å². The van der Waals surface area contributed by atoms with Gasteiger partial charge in [-0.05, 0) is 30.2 Å². The summed E-state index contributed by atoms with van der Waals surface area (Å²) < 4.78 is 0. The number of nitrogens with zero attached hydrogens (tertiary/aromatic N) is 1. The van der Waals surface area contributed by atoms with Gasteiger partial charge in [0.15, 0.2) is 0 Å². The molecule has 0 bridgehead atoms. The first-order chi connectivity index (χ1) is 10.3. The van der Waals surface area contributed by atoms with Gasteiger partial charge < -0.3 is 10.6 Å². The van der Waals surface area contributed by atoms with E-state index >= 15 is 0 Å². The van der Waals surface area contributed by atoms with Crippen LogP contribution >= 0.6 is 0 Å². The Morgan fingerprint density at radius 1 is 1.00 bits per heavy atom. The highest BCUT2D eigenvalue weighted by molar-refractivity contribution is 5.76. The predicted molar refractivity (Wildman–Crippen MR) is 83.7 cm³/mol. The fourth-order valence-corrected chi connectivity index (χ4v) is 2.00. The molecule has 4 heteroatoms. The van der Waals surface area contributed by atoms with Gasteiger partial charge in [0.1, 0.15) is 0 Å². The quantitative estimate of drug-likeness (QED) is 0.728. The van der Waals surface area contributed by atoms with Gasteiger partial charge in [0.25, 0.3) is 0 Å². The first kappa shape index (κ1) is 15.2. The molecule has 2 N–H and O–H groups in total. The van der Waals surface area contributed by atoms with Crippen LogP contribution in [-0.4, -0.2) is 24.0 Å². The number of amides is 1. The van der Waals surface area contributed by atoms with E-state index in [0.29, 0.717) is 19.5 Å². The Hall–Kier alpha value is -2.20. The van der Waals surface area contributed by atoms with Crippen molar-refractivity contribution in [2.45, 2.75) is 19.4 Å². The van der Waals surface area contributed by atoms with Crippen LogP contribution in [0.15, 0.2) is 54.9 Å². The monoisotopic (exact) mass is 283 g/mol. The summed E-state index contributed by atoms with van der Waals surface area (Å²) in [4.78, 5) is 15.7. The summed E-state index contributed by atoms with van der Waals surface area (Å²) in [7, 11) is 0. The van der Waals surface area contributed by atoms with E-state index in [-0.39, 0.29) is 5.91 Å². The molecule has 0 aliphatic rings. The highest BCUT2D eigenvalue weighted by Crippen LogP contribution is 1.98. The molecular formula is C17H21N3O. The second kappa shape index (κ2) is 8.87. The second-order valence-electron chi connectivity index (χ2n) is 4.87. The standard InChI is InChI=1S/C17H21N3O/c21-17(20-14-16-7-4-10-19-13-16)9-12-18-11-8-15-5-2-1-3-6-15/h1-7,10,13,18H,8-9,11-12,14H2,(H,20,21). The second-order valence-corrected chi connectivity index (χ2v) is 4.87. The van der Waals surface area contributed by atoms with Gasteiger partial charge in [-0.2, -0.15) is 0 Å². The summed E-state index contributed by atoms with van der Waals surface area (Å²) in [6.07, 6.45) is 4.97. The molecule has 0 aliphatic heterocycles. The third-order valence-electron chi connectivity index (χ3n) is 3.17. The lowest BCUT2D eigenvalue weighted by Gasteiger charge is -2.06. The SMILES string of the molecule is O=C(CCNCCc1ccccc1)NCc1cccnc1. The molecule has 0 atom stereocenters. The molecule has 0 saturated heterocycles. The summed E-state index contributed by atoms with van der Waals surface area (Å²) in [6.45, 7) is 2.13. The van der Waals surface area contributed by atoms with Crippen molar-refractivity contribution < 1.29 is 4.79 Å². The first-order valence-electron chi connectivity index (χ1n) is 7.25. The smallest absolute Gasteiger partial charge is 0.221 e. The highest BCUT2D eigenvalue weighted by Gasteiger charge is 2.01. The average Bonchev–Trinajstić information content (AvgIpc) is 2.54. The Morgan fingerprint density at radius 2 is 1.81 bits per heavy atom. The number of nitrogens with one attached hydrogen (secondary N) is 2. The molecule has 2 rings (SSSR count). The lowest BCUT2D eigenvalue weighted by atomic mass is 10.1. The van der Waals surface area contributed by atoms with Gasteiger partial charge in [0.05, 0.1) is 0 Å². The minimum atomic E-state index is 0.0612. The molecule has 110 valence electrons. The van der Waals surface area contributed by atoms with Gasteiger partial charge in [-0.1, -0.05) is 36.4 Å². The van der Waals surface area contributed by atoms with E-state index in [9.17, 15) is 4.79 Å². The van der Waals surface area contributed by atoms with Crippen LogP contribution < -0.4 is 10.6 Å². The van der Waals surface area contributed by atoms with Gasteiger partial charge >= 0.3 is 0 Å². The molecule has 0 unspecified atom stereocenters. The van der Waals surface area contributed by atoms with Gasteiger partial charge in [-0.15, -0.1) is 0 Å². The van der Waals surface area contributed by atoms with Crippen LogP contribution in [0.2, 0.25) is 0 Å². The van der Waals surface area contributed by atoms with E-state index in [0.717, 1.165) is 18.5 Å². The fourth-order valence-electron chi connectivity index (χ4n) is 2.00. The van der Waals surface area contributed by atoms with Crippen molar-refractivity contribution in [3.8, 4) is 0 Å². The average molecular weight is 283 g/mol. The third kappa shape index (κ3) is 6.19. The van der Waals surface area contributed by atoms with Gasteiger partial charge in [0, 0.05) is 31.9 Å². The maximum absolute atomic E-state index is 11.7. The largest absolute Gasteiger partial charge is 0.352 e. The maximum atomic E-state index is 11.7. The first-order valence-corrected chi connectivity index (χ1v) is 7.25. The van der Waals surface area contributed by atoms with E-state index in [4.69, 9.17) is 0 Å². The number of benzene rings is 1. The molecule has 0 fully saturated rings. The van der Waals surface area contributed by atoms with Crippen LogP contribution in [0.25, 0.3) is 0 Å². The summed E-state index contributed by atoms with van der Waals surface area (Å²) in [6, 6.07) is 14.1. The van der Waals surface area contributed by atoms with Crippen LogP contribution in [0.4, 0.5) is 0 Å². The number of carbonyl (C=O) groups excluding carboxylic acids is 1. The predicted octanol–water partition coefficient (Wildman–Crippen LogP) is 1.92. The Labute approximate surface area is 125 Å². The van der Waals surface area contributed by atoms with E-state index in [2.05, 4.69) is 27.8 Å². The number of carbonyl (C=O) groups is 1. The molecule has 1 aromatic carbocycles. The van der Waals surface area contributed by atoms with Crippen molar-refractivity contribution in [2.24, 2.45) is 0 Å². The number of rotatable bonds is 8. The topological polar surface area (TPSA) is 54.0 Å². The summed E-state index contributed by atoms with van der Waals surface area (Å²) in [5.74, 6) is 0.0612. The summed E-state index contributed by atoms with van der Waals surface area (Å²) in [5, 5.41) is 6.18. The number of hydrogen-bond acceptors (Lipinski definition) is 3. The van der Waals surface area contributed by atoms with Crippen LogP contribution in [0, 0.1) is 0 Å². The Morgan fingerprint density at radius 3 is 2.57 bits per heavy atom. The molecular weight excluding hydrogens is 262 g/mol. The minimum absolute atomic E-state index is 0.0612. The van der Waals surface area contributed by atoms with Crippen LogP contribution in [0.5, 0.6) is 0 Å². The Balaban J connectivity index is 1.53. The van der Waals surface area contributed by atoms with Gasteiger partial charge in [-0.3, -0.25) is 9.78 Å². The summed E-state index contributed by atoms with van der Waals surface area (Å²) >= 11 is 0. The van der Waals surface area contributed by atoms with E-state index < -0.39 is 0 Å². The van der Waals surface area contributed by atoms with Crippen molar-refractivity contribution in [1.82, 2.24) is 15.6 Å². The van der Waals surface area contributed by atoms with E-state index in [1.54, 1.807) is 12.4 Å². The van der Waals surface area contributed by atoms with Crippen molar-refractivity contribution >= 4 is 5.91 Å². The molecule has 1 aromatic heterocycles. The lowest BCUT2D eigenvalue weighted by molar-refractivity contribution is -0.121.